The van der Waals surface area contributed by atoms with Crippen LogP contribution in [0.2, 0.25) is 0 Å². The molecule has 94 valence electrons. The molecule has 0 N–H and O–H groups in total. The number of rotatable bonds is 3. The number of hydrogen-bond donors (Lipinski definition) is 0. The number of benzene rings is 1. The van der Waals surface area contributed by atoms with E-state index < -0.39 is 0 Å². The number of ether oxygens (including phenoxy) is 1. The molecule has 2 rings (SSSR count). The fourth-order valence-corrected chi connectivity index (χ4v) is 1.76. The highest BCUT2D eigenvalue weighted by atomic mass is 16.5. The van der Waals surface area contributed by atoms with Crippen molar-refractivity contribution < 1.29 is 9.53 Å². The zero-order valence-corrected chi connectivity index (χ0v) is 10.3. The highest BCUT2D eigenvalue weighted by molar-refractivity contribution is 5.88. The van der Waals surface area contributed by atoms with Crippen molar-refractivity contribution >= 4 is 12.0 Å². The van der Waals surface area contributed by atoms with Gasteiger partial charge in [0.05, 0.1) is 13.2 Å². The van der Waals surface area contributed by atoms with E-state index in [-0.39, 0.29) is 5.91 Å². The zero-order chi connectivity index (χ0) is 12.6. The van der Waals surface area contributed by atoms with Crippen molar-refractivity contribution in [1.29, 1.82) is 0 Å². The highest BCUT2D eigenvalue weighted by Crippen LogP contribution is 2.02. The Balaban J connectivity index is 1.83. The Morgan fingerprint density at radius 3 is 2.56 bits per heavy atom. The Morgan fingerprint density at radius 1 is 1.11 bits per heavy atom. The number of carbonyl (C=O) groups is 1. The Labute approximate surface area is 107 Å². The van der Waals surface area contributed by atoms with Crippen molar-refractivity contribution in [1.82, 2.24) is 4.90 Å². The van der Waals surface area contributed by atoms with Gasteiger partial charge in [-0.05, 0) is 5.56 Å². The van der Waals surface area contributed by atoms with E-state index >= 15 is 0 Å². The fraction of sp³-hybridized carbons (Fsp3) is 0.267. The summed E-state index contributed by atoms with van der Waals surface area (Å²) >= 11 is 0. The second-order valence-electron chi connectivity index (χ2n) is 4.07. The highest BCUT2D eigenvalue weighted by Gasteiger charge is 2.13. The molecule has 1 aromatic rings. The van der Waals surface area contributed by atoms with Crippen LogP contribution in [0.5, 0.6) is 0 Å². The lowest BCUT2D eigenvalue weighted by Crippen LogP contribution is -2.39. The molecule has 1 fully saturated rings. The van der Waals surface area contributed by atoms with Gasteiger partial charge in [-0.3, -0.25) is 4.79 Å². The monoisotopic (exact) mass is 243 g/mol. The molecule has 0 unspecified atom stereocenters. The van der Waals surface area contributed by atoms with Crippen LogP contribution in [0.1, 0.15) is 5.56 Å². The van der Waals surface area contributed by atoms with E-state index in [0.717, 1.165) is 5.56 Å². The average Bonchev–Trinajstić information content (AvgIpc) is 2.45. The minimum absolute atomic E-state index is 0.0519. The van der Waals surface area contributed by atoms with Crippen molar-refractivity contribution in [2.75, 3.05) is 26.3 Å². The van der Waals surface area contributed by atoms with Crippen molar-refractivity contribution in [2.24, 2.45) is 0 Å². The number of morpholine rings is 1. The molecule has 0 radical (unpaired) electrons. The largest absolute Gasteiger partial charge is 0.378 e. The van der Waals surface area contributed by atoms with Gasteiger partial charge in [0, 0.05) is 19.2 Å². The topological polar surface area (TPSA) is 29.5 Å². The summed E-state index contributed by atoms with van der Waals surface area (Å²) in [5.41, 5.74) is 1.13. The van der Waals surface area contributed by atoms with Crippen LogP contribution in [-0.4, -0.2) is 37.1 Å². The van der Waals surface area contributed by atoms with Crippen LogP contribution in [0.4, 0.5) is 0 Å². The van der Waals surface area contributed by atoms with Gasteiger partial charge in [-0.15, -0.1) is 0 Å². The lowest BCUT2D eigenvalue weighted by molar-refractivity contribution is -0.129. The molecule has 0 spiro atoms. The number of amides is 1. The summed E-state index contributed by atoms with van der Waals surface area (Å²) in [5.74, 6) is 0.0519. The third kappa shape index (κ3) is 3.86. The minimum Gasteiger partial charge on any atom is -0.378 e. The van der Waals surface area contributed by atoms with E-state index in [9.17, 15) is 4.79 Å². The number of nitrogens with zero attached hydrogens (tertiary/aromatic N) is 1. The fourth-order valence-electron chi connectivity index (χ4n) is 1.76. The first-order valence-corrected chi connectivity index (χ1v) is 6.13. The van der Waals surface area contributed by atoms with E-state index in [2.05, 4.69) is 0 Å². The normalized spacial score (nSPS) is 16.6. The first kappa shape index (κ1) is 12.6. The van der Waals surface area contributed by atoms with Gasteiger partial charge in [0.25, 0.3) is 0 Å². The first-order valence-electron chi connectivity index (χ1n) is 6.13. The third-order valence-electron chi connectivity index (χ3n) is 2.76. The van der Waals surface area contributed by atoms with Gasteiger partial charge in [0.1, 0.15) is 0 Å². The number of allylic oxidation sites excluding steroid dienone is 2. The van der Waals surface area contributed by atoms with Gasteiger partial charge in [0.2, 0.25) is 5.91 Å². The minimum atomic E-state index is 0.0519. The maximum absolute atomic E-state index is 11.8. The smallest absolute Gasteiger partial charge is 0.246 e. The second-order valence-corrected chi connectivity index (χ2v) is 4.07. The molecule has 3 nitrogen and oxygen atoms in total. The van der Waals surface area contributed by atoms with Gasteiger partial charge in [-0.1, -0.05) is 48.6 Å². The molecule has 0 bridgehead atoms. The van der Waals surface area contributed by atoms with Gasteiger partial charge >= 0.3 is 0 Å². The SMILES string of the molecule is O=C(C=CC=Cc1ccccc1)N1CCOCC1. The molecule has 3 heteroatoms. The predicted molar refractivity (Wildman–Crippen MR) is 72.0 cm³/mol. The van der Waals surface area contributed by atoms with Gasteiger partial charge < -0.3 is 9.64 Å². The molecule has 0 aromatic heterocycles. The first-order chi connectivity index (χ1) is 8.86. The molecule has 1 aromatic carbocycles. The molecule has 1 heterocycles. The lowest BCUT2D eigenvalue weighted by atomic mass is 10.2. The Kier molecular flexibility index (Phi) is 4.73. The molecule has 0 atom stereocenters. The van der Waals surface area contributed by atoms with E-state index in [1.807, 2.05) is 42.5 Å². The summed E-state index contributed by atoms with van der Waals surface area (Å²) in [4.78, 5) is 13.6. The average molecular weight is 243 g/mol. The van der Waals surface area contributed by atoms with Crippen LogP contribution in [0.25, 0.3) is 6.08 Å². The van der Waals surface area contributed by atoms with Gasteiger partial charge in [0.15, 0.2) is 0 Å². The molecule has 1 aliphatic rings. The third-order valence-corrected chi connectivity index (χ3v) is 2.76. The van der Waals surface area contributed by atoms with Crippen LogP contribution >= 0.6 is 0 Å². The van der Waals surface area contributed by atoms with Gasteiger partial charge in [-0.25, -0.2) is 0 Å². The van der Waals surface area contributed by atoms with Crippen LogP contribution < -0.4 is 0 Å². The summed E-state index contributed by atoms with van der Waals surface area (Å²) in [7, 11) is 0. The van der Waals surface area contributed by atoms with E-state index in [1.54, 1.807) is 17.1 Å². The molecule has 0 aliphatic carbocycles. The van der Waals surface area contributed by atoms with Crippen molar-refractivity contribution in [2.45, 2.75) is 0 Å². The molecular formula is C15H17NO2. The Bertz CT molecular complexity index is 431. The molecule has 1 aliphatic heterocycles. The van der Waals surface area contributed by atoms with Crippen LogP contribution in [-0.2, 0) is 9.53 Å². The summed E-state index contributed by atoms with van der Waals surface area (Å²) in [5, 5.41) is 0. The molecule has 18 heavy (non-hydrogen) atoms. The predicted octanol–water partition coefficient (Wildman–Crippen LogP) is 2.11. The Hall–Kier alpha value is -1.87. The molecule has 0 saturated carbocycles. The second kappa shape index (κ2) is 6.77. The maximum Gasteiger partial charge on any atom is 0.246 e. The van der Waals surface area contributed by atoms with Crippen LogP contribution in [0.15, 0.2) is 48.6 Å². The van der Waals surface area contributed by atoms with Crippen LogP contribution in [0, 0.1) is 0 Å². The van der Waals surface area contributed by atoms with E-state index in [1.165, 1.54) is 0 Å². The number of hydrogen-bond acceptors (Lipinski definition) is 2. The van der Waals surface area contributed by atoms with E-state index in [4.69, 9.17) is 4.74 Å². The molecule has 1 amide bonds. The molecular weight excluding hydrogens is 226 g/mol. The van der Waals surface area contributed by atoms with Crippen molar-refractivity contribution in [3.05, 3.63) is 54.1 Å². The standard InChI is InChI=1S/C15H17NO2/c17-15(16-10-12-18-13-11-16)9-5-4-8-14-6-2-1-3-7-14/h1-9H,10-13H2. The molecule has 1 saturated heterocycles. The van der Waals surface area contributed by atoms with E-state index in [0.29, 0.717) is 26.3 Å². The number of carbonyl (C=O) groups excluding carboxylic acids is 1. The summed E-state index contributed by atoms with van der Waals surface area (Å²) < 4.78 is 5.20. The summed E-state index contributed by atoms with van der Waals surface area (Å²) in [6.45, 7) is 2.65. The van der Waals surface area contributed by atoms with Crippen LogP contribution in [0.3, 0.4) is 0 Å². The van der Waals surface area contributed by atoms with Crippen molar-refractivity contribution in [3.63, 3.8) is 0 Å². The zero-order valence-electron chi connectivity index (χ0n) is 10.3. The van der Waals surface area contributed by atoms with Crippen molar-refractivity contribution in [3.8, 4) is 0 Å². The summed E-state index contributed by atoms with van der Waals surface area (Å²) in [6.07, 6.45) is 7.24. The maximum atomic E-state index is 11.8. The summed E-state index contributed by atoms with van der Waals surface area (Å²) in [6, 6.07) is 10.0. The lowest BCUT2D eigenvalue weighted by Gasteiger charge is -2.25. The quantitative estimate of drug-likeness (QED) is 0.601. The Morgan fingerprint density at radius 2 is 1.83 bits per heavy atom. The van der Waals surface area contributed by atoms with Gasteiger partial charge in [-0.2, -0.15) is 0 Å².